The van der Waals surface area contributed by atoms with Gasteiger partial charge in [0.05, 0.1) is 11.9 Å². The molecule has 4 nitrogen and oxygen atoms in total. The van der Waals surface area contributed by atoms with Gasteiger partial charge in [0.2, 0.25) is 0 Å². The highest BCUT2D eigenvalue weighted by atomic mass is 79.9. The molecule has 3 rings (SSSR count). The lowest BCUT2D eigenvalue weighted by Crippen LogP contribution is -2.14. The SMILES string of the molecule is Brc1ccc(C2CCOCC2)c(-c2cnn[nH]2)c1. The van der Waals surface area contributed by atoms with Gasteiger partial charge in [-0.25, -0.2) is 0 Å². The lowest BCUT2D eigenvalue weighted by Gasteiger charge is -2.24. The van der Waals surface area contributed by atoms with E-state index < -0.39 is 0 Å². The van der Waals surface area contributed by atoms with Crippen molar-refractivity contribution in [3.05, 3.63) is 34.4 Å². The van der Waals surface area contributed by atoms with Crippen LogP contribution in [0.5, 0.6) is 0 Å². The zero-order valence-electron chi connectivity index (χ0n) is 9.90. The zero-order valence-corrected chi connectivity index (χ0v) is 11.5. The molecular weight excluding hydrogens is 294 g/mol. The van der Waals surface area contributed by atoms with Gasteiger partial charge in [0.1, 0.15) is 0 Å². The predicted molar refractivity (Wildman–Crippen MR) is 72.3 cm³/mol. The Hall–Kier alpha value is -1.20. The summed E-state index contributed by atoms with van der Waals surface area (Å²) in [6.07, 6.45) is 3.93. The monoisotopic (exact) mass is 307 g/mol. The molecule has 1 fully saturated rings. The minimum Gasteiger partial charge on any atom is -0.381 e. The summed E-state index contributed by atoms with van der Waals surface area (Å²) in [5, 5.41) is 10.6. The Bertz CT molecular complexity index is 521. The van der Waals surface area contributed by atoms with Crippen LogP contribution in [0.4, 0.5) is 0 Å². The van der Waals surface area contributed by atoms with Crippen LogP contribution in [-0.4, -0.2) is 28.6 Å². The molecular formula is C13H14BrN3O. The highest BCUT2D eigenvalue weighted by Gasteiger charge is 2.20. The van der Waals surface area contributed by atoms with E-state index in [1.807, 2.05) is 0 Å². The fourth-order valence-corrected chi connectivity index (χ4v) is 2.82. The standard InChI is InChI=1S/C13H14BrN3O/c14-10-1-2-11(9-3-5-18-6-4-9)12(7-10)13-8-15-17-16-13/h1-2,7-9H,3-6H2,(H,15,16,17). The molecule has 1 aromatic heterocycles. The molecule has 0 radical (unpaired) electrons. The number of nitrogens with zero attached hydrogens (tertiary/aromatic N) is 2. The molecule has 1 N–H and O–H groups in total. The molecule has 2 heterocycles. The number of benzene rings is 1. The van der Waals surface area contributed by atoms with Gasteiger partial charge in [0, 0.05) is 23.2 Å². The van der Waals surface area contributed by atoms with Crippen LogP contribution in [-0.2, 0) is 4.74 Å². The van der Waals surface area contributed by atoms with Crippen LogP contribution >= 0.6 is 15.9 Å². The number of ether oxygens (including phenoxy) is 1. The van der Waals surface area contributed by atoms with Gasteiger partial charge in [-0.2, -0.15) is 0 Å². The smallest absolute Gasteiger partial charge is 0.0856 e. The maximum Gasteiger partial charge on any atom is 0.0856 e. The first-order valence-electron chi connectivity index (χ1n) is 6.08. The van der Waals surface area contributed by atoms with Gasteiger partial charge in [-0.3, -0.25) is 5.10 Å². The second kappa shape index (κ2) is 5.20. The lowest BCUT2D eigenvalue weighted by atomic mass is 9.87. The average molecular weight is 308 g/mol. The number of rotatable bonds is 2. The van der Waals surface area contributed by atoms with Crippen molar-refractivity contribution in [2.24, 2.45) is 0 Å². The normalized spacial score (nSPS) is 16.9. The van der Waals surface area contributed by atoms with E-state index in [1.165, 1.54) is 11.1 Å². The number of nitrogens with one attached hydrogen (secondary N) is 1. The van der Waals surface area contributed by atoms with Crippen molar-refractivity contribution in [1.82, 2.24) is 15.4 Å². The zero-order chi connectivity index (χ0) is 12.4. The molecule has 0 atom stereocenters. The van der Waals surface area contributed by atoms with Crippen LogP contribution in [0.3, 0.4) is 0 Å². The van der Waals surface area contributed by atoms with Gasteiger partial charge in [0.15, 0.2) is 0 Å². The maximum absolute atomic E-state index is 5.43. The first-order chi connectivity index (χ1) is 8.84. The van der Waals surface area contributed by atoms with Crippen molar-refractivity contribution < 1.29 is 4.74 Å². The summed E-state index contributed by atoms with van der Waals surface area (Å²) < 4.78 is 6.51. The number of hydrogen-bond acceptors (Lipinski definition) is 3. The summed E-state index contributed by atoms with van der Waals surface area (Å²) in [5.74, 6) is 0.560. The van der Waals surface area contributed by atoms with Gasteiger partial charge in [0.25, 0.3) is 0 Å². The van der Waals surface area contributed by atoms with Crippen molar-refractivity contribution in [3.8, 4) is 11.3 Å². The van der Waals surface area contributed by atoms with E-state index in [-0.39, 0.29) is 0 Å². The predicted octanol–water partition coefficient (Wildman–Crippen LogP) is 3.13. The second-order valence-corrected chi connectivity index (χ2v) is 5.40. The third-order valence-electron chi connectivity index (χ3n) is 3.38. The molecule has 5 heteroatoms. The quantitative estimate of drug-likeness (QED) is 0.927. The van der Waals surface area contributed by atoms with Crippen LogP contribution in [0.15, 0.2) is 28.9 Å². The number of aromatic nitrogens is 3. The van der Waals surface area contributed by atoms with Crippen molar-refractivity contribution in [2.75, 3.05) is 13.2 Å². The fraction of sp³-hybridized carbons (Fsp3) is 0.385. The Morgan fingerprint density at radius 3 is 2.83 bits per heavy atom. The Morgan fingerprint density at radius 1 is 1.28 bits per heavy atom. The molecule has 2 aromatic rings. The first kappa shape index (κ1) is 11.9. The Balaban J connectivity index is 2.02. The molecule has 18 heavy (non-hydrogen) atoms. The lowest BCUT2D eigenvalue weighted by molar-refractivity contribution is 0.0854. The third kappa shape index (κ3) is 2.33. The van der Waals surface area contributed by atoms with Gasteiger partial charge < -0.3 is 4.74 Å². The van der Waals surface area contributed by atoms with E-state index >= 15 is 0 Å². The summed E-state index contributed by atoms with van der Waals surface area (Å²) >= 11 is 3.53. The van der Waals surface area contributed by atoms with E-state index in [0.29, 0.717) is 5.92 Å². The van der Waals surface area contributed by atoms with E-state index in [0.717, 1.165) is 36.2 Å². The largest absolute Gasteiger partial charge is 0.381 e. The molecule has 0 bridgehead atoms. The van der Waals surface area contributed by atoms with E-state index in [4.69, 9.17) is 4.74 Å². The van der Waals surface area contributed by atoms with Crippen LogP contribution in [0.1, 0.15) is 24.3 Å². The van der Waals surface area contributed by atoms with Gasteiger partial charge in [-0.05, 0) is 36.5 Å². The molecule has 94 valence electrons. The number of hydrogen-bond donors (Lipinski definition) is 1. The van der Waals surface area contributed by atoms with Crippen LogP contribution < -0.4 is 0 Å². The highest BCUT2D eigenvalue weighted by molar-refractivity contribution is 9.10. The summed E-state index contributed by atoms with van der Waals surface area (Å²) in [5.41, 5.74) is 3.51. The molecule has 0 amide bonds. The average Bonchev–Trinajstić information content (AvgIpc) is 2.93. The molecule has 0 aliphatic carbocycles. The van der Waals surface area contributed by atoms with Crippen LogP contribution in [0.25, 0.3) is 11.3 Å². The van der Waals surface area contributed by atoms with Crippen molar-refractivity contribution in [3.63, 3.8) is 0 Å². The molecule has 0 unspecified atom stereocenters. The molecule has 1 saturated heterocycles. The summed E-state index contributed by atoms with van der Waals surface area (Å²) in [6.45, 7) is 1.70. The van der Waals surface area contributed by atoms with E-state index in [1.54, 1.807) is 6.20 Å². The van der Waals surface area contributed by atoms with Gasteiger partial charge in [-0.1, -0.05) is 27.2 Å². The fourth-order valence-electron chi connectivity index (χ4n) is 2.45. The van der Waals surface area contributed by atoms with Crippen LogP contribution in [0.2, 0.25) is 0 Å². The highest BCUT2D eigenvalue weighted by Crippen LogP contribution is 2.35. The first-order valence-corrected chi connectivity index (χ1v) is 6.87. The second-order valence-electron chi connectivity index (χ2n) is 4.49. The van der Waals surface area contributed by atoms with E-state index in [9.17, 15) is 0 Å². The topological polar surface area (TPSA) is 50.8 Å². The van der Waals surface area contributed by atoms with Gasteiger partial charge >= 0.3 is 0 Å². The molecule has 1 aliphatic heterocycles. The van der Waals surface area contributed by atoms with Crippen molar-refractivity contribution in [1.29, 1.82) is 0 Å². The van der Waals surface area contributed by atoms with E-state index in [2.05, 4.69) is 49.5 Å². The molecule has 0 spiro atoms. The third-order valence-corrected chi connectivity index (χ3v) is 3.87. The summed E-state index contributed by atoms with van der Waals surface area (Å²) in [4.78, 5) is 0. The van der Waals surface area contributed by atoms with Crippen molar-refractivity contribution >= 4 is 15.9 Å². The minimum absolute atomic E-state index is 0.560. The Kier molecular flexibility index (Phi) is 3.43. The summed E-state index contributed by atoms with van der Waals surface area (Å²) in [7, 11) is 0. The Morgan fingerprint density at radius 2 is 2.11 bits per heavy atom. The molecule has 1 aliphatic rings. The van der Waals surface area contributed by atoms with Gasteiger partial charge in [-0.15, -0.1) is 5.10 Å². The molecule has 1 aromatic carbocycles. The maximum atomic E-state index is 5.43. The minimum atomic E-state index is 0.560. The number of aromatic amines is 1. The summed E-state index contributed by atoms with van der Waals surface area (Å²) in [6, 6.07) is 6.41. The number of halogens is 1. The Labute approximate surface area is 114 Å². The van der Waals surface area contributed by atoms with Crippen LogP contribution in [0, 0.1) is 0 Å². The number of H-pyrrole nitrogens is 1. The molecule has 0 saturated carbocycles. The van der Waals surface area contributed by atoms with Crippen molar-refractivity contribution in [2.45, 2.75) is 18.8 Å².